The van der Waals surface area contributed by atoms with Crippen molar-refractivity contribution in [2.75, 3.05) is 11.1 Å². The fourth-order valence-electron chi connectivity index (χ4n) is 4.43. The number of fused-ring (bicyclic) bond motifs is 5. The van der Waals surface area contributed by atoms with Gasteiger partial charge in [-0.2, -0.15) is 0 Å². The van der Waals surface area contributed by atoms with E-state index in [-0.39, 0.29) is 17.3 Å². The Hall–Kier alpha value is -2.52. The second-order valence-electron chi connectivity index (χ2n) is 8.73. The van der Waals surface area contributed by atoms with Gasteiger partial charge in [0.15, 0.2) is 10.8 Å². The smallest absolute Gasteiger partial charge is 0.234 e. The predicted molar refractivity (Wildman–Crippen MR) is 125 cm³/mol. The fraction of sp³-hybridized carbons (Fsp3) is 0.391. The molecule has 164 valence electrons. The highest BCUT2D eigenvalue weighted by Crippen LogP contribution is 2.44. The number of nitrogens with one attached hydrogen (secondary N) is 1. The quantitative estimate of drug-likeness (QED) is 0.408. The minimum absolute atomic E-state index is 0.122. The van der Waals surface area contributed by atoms with Crippen molar-refractivity contribution in [3.8, 4) is 0 Å². The maximum atomic E-state index is 13.8. The van der Waals surface area contributed by atoms with Gasteiger partial charge in [-0.15, -0.1) is 21.5 Å². The van der Waals surface area contributed by atoms with Crippen LogP contribution in [0.25, 0.3) is 15.9 Å². The molecule has 0 unspecified atom stereocenters. The van der Waals surface area contributed by atoms with Crippen LogP contribution in [0, 0.1) is 11.7 Å². The largest absolute Gasteiger partial charge is 0.323 e. The van der Waals surface area contributed by atoms with Crippen LogP contribution in [0.5, 0.6) is 0 Å². The lowest BCUT2D eigenvalue weighted by atomic mass is 9.89. The highest BCUT2D eigenvalue weighted by Gasteiger charge is 2.32. The summed E-state index contributed by atoms with van der Waals surface area (Å²) in [6, 6.07) is 6.17. The number of aromatic nitrogens is 4. The van der Waals surface area contributed by atoms with E-state index in [1.165, 1.54) is 34.7 Å². The molecule has 1 N–H and O–H groups in total. The molecule has 0 aliphatic heterocycles. The molecule has 0 spiro atoms. The molecule has 32 heavy (non-hydrogen) atoms. The average molecular weight is 468 g/mol. The normalized spacial score (nSPS) is 18.2. The van der Waals surface area contributed by atoms with Crippen LogP contribution in [-0.2, 0) is 17.6 Å². The van der Waals surface area contributed by atoms with Crippen LogP contribution in [0.4, 0.5) is 10.1 Å². The summed E-state index contributed by atoms with van der Waals surface area (Å²) in [6.45, 7) is 2.31. The summed E-state index contributed by atoms with van der Waals surface area (Å²) in [6.07, 6.45) is 5.57. The van der Waals surface area contributed by atoms with Gasteiger partial charge >= 0.3 is 0 Å². The van der Waals surface area contributed by atoms with Gasteiger partial charge in [-0.05, 0) is 55.7 Å². The van der Waals surface area contributed by atoms with Crippen molar-refractivity contribution in [3.05, 3.63) is 46.3 Å². The predicted octanol–water partition coefficient (Wildman–Crippen LogP) is 5.21. The minimum Gasteiger partial charge on any atom is -0.323 e. The van der Waals surface area contributed by atoms with E-state index in [1.807, 2.05) is 11.3 Å². The van der Waals surface area contributed by atoms with Gasteiger partial charge in [0.05, 0.1) is 16.8 Å². The first-order valence-electron chi connectivity index (χ1n) is 10.9. The Kier molecular flexibility index (Phi) is 4.91. The van der Waals surface area contributed by atoms with Crippen molar-refractivity contribution in [1.82, 2.24) is 19.6 Å². The second-order valence-corrected chi connectivity index (χ2v) is 10.8. The first-order chi connectivity index (χ1) is 15.6. The number of carbonyl (C=O) groups excluding carboxylic acids is 1. The fourth-order valence-corrected chi connectivity index (χ4v) is 6.55. The van der Waals surface area contributed by atoms with E-state index in [0.29, 0.717) is 17.0 Å². The molecule has 6 nitrogen and oxygen atoms in total. The van der Waals surface area contributed by atoms with Crippen molar-refractivity contribution in [2.45, 2.75) is 50.1 Å². The number of thioether (sulfide) groups is 1. The topological polar surface area (TPSA) is 72.2 Å². The Morgan fingerprint density at radius 2 is 2.12 bits per heavy atom. The Morgan fingerprint density at radius 1 is 1.28 bits per heavy atom. The number of para-hydroxylation sites is 1. The van der Waals surface area contributed by atoms with Gasteiger partial charge in [0, 0.05) is 10.8 Å². The summed E-state index contributed by atoms with van der Waals surface area (Å²) in [5, 5.41) is 13.4. The molecule has 1 atom stereocenters. The van der Waals surface area contributed by atoms with Crippen LogP contribution in [0.15, 0.2) is 29.4 Å². The molecule has 1 fully saturated rings. The molecule has 9 heteroatoms. The van der Waals surface area contributed by atoms with Gasteiger partial charge in [0.25, 0.3) is 0 Å². The molecule has 2 aliphatic carbocycles. The summed E-state index contributed by atoms with van der Waals surface area (Å²) in [5.41, 5.74) is 2.43. The zero-order valence-corrected chi connectivity index (χ0v) is 19.2. The molecule has 0 saturated heterocycles. The first kappa shape index (κ1) is 20.1. The van der Waals surface area contributed by atoms with E-state index in [2.05, 4.69) is 26.8 Å². The average Bonchev–Trinajstić information content (AvgIpc) is 3.44. The third kappa shape index (κ3) is 3.47. The molecule has 0 bridgehead atoms. The number of thiophene rings is 1. The molecule has 0 radical (unpaired) electrons. The summed E-state index contributed by atoms with van der Waals surface area (Å²) in [5.74, 6) is 1.52. The van der Waals surface area contributed by atoms with Gasteiger partial charge in [-0.3, -0.25) is 9.20 Å². The van der Waals surface area contributed by atoms with Crippen LogP contribution in [0.2, 0.25) is 0 Å². The van der Waals surface area contributed by atoms with Gasteiger partial charge in [-0.1, -0.05) is 30.8 Å². The number of aryl methyl sites for hydroxylation is 1. The van der Waals surface area contributed by atoms with Crippen molar-refractivity contribution < 1.29 is 9.18 Å². The number of rotatable bonds is 5. The highest BCUT2D eigenvalue weighted by molar-refractivity contribution is 7.99. The van der Waals surface area contributed by atoms with Crippen LogP contribution < -0.4 is 5.32 Å². The Morgan fingerprint density at radius 3 is 2.94 bits per heavy atom. The summed E-state index contributed by atoms with van der Waals surface area (Å²) >= 11 is 3.13. The zero-order chi connectivity index (χ0) is 21.8. The molecule has 4 aromatic rings. The Labute approximate surface area is 192 Å². The minimum atomic E-state index is -0.446. The number of anilines is 1. The van der Waals surface area contributed by atoms with E-state index in [0.717, 1.165) is 47.4 Å². The van der Waals surface area contributed by atoms with Gasteiger partial charge in [0.1, 0.15) is 16.5 Å². The molecular weight excluding hydrogens is 445 g/mol. The van der Waals surface area contributed by atoms with Crippen LogP contribution in [0.1, 0.15) is 48.4 Å². The molecule has 6 rings (SSSR count). The Bertz CT molecular complexity index is 1360. The number of halogens is 1. The number of carbonyl (C=O) groups is 1. The third-order valence-corrected chi connectivity index (χ3v) is 8.30. The molecule has 1 saturated carbocycles. The van der Waals surface area contributed by atoms with Gasteiger partial charge in [0.2, 0.25) is 5.91 Å². The summed E-state index contributed by atoms with van der Waals surface area (Å²) < 4.78 is 15.9. The van der Waals surface area contributed by atoms with E-state index in [4.69, 9.17) is 4.98 Å². The molecule has 3 aromatic heterocycles. The maximum Gasteiger partial charge on any atom is 0.234 e. The number of amides is 1. The van der Waals surface area contributed by atoms with E-state index in [1.54, 1.807) is 18.2 Å². The summed E-state index contributed by atoms with van der Waals surface area (Å²) in [4.78, 5) is 20.0. The molecular formula is C23H22FN5OS2. The molecule has 2 aliphatic rings. The molecule has 3 heterocycles. The molecule has 1 amide bonds. The maximum absolute atomic E-state index is 13.8. The van der Waals surface area contributed by atoms with Crippen molar-refractivity contribution in [2.24, 2.45) is 5.92 Å². The standard InChI is InChI=1S/C23H22FN5OS2/c1-12-6-9-14-17(10-12)32-22-19(14)21-27-28-23(29(21)20(26-22)13-7-8-13)31-11-18(30)25-16-5-3-2-4-15(16)24/h2-5,12-13H,6-11H2,1H3,(H,25,30)/t12-/m0/s1. The number of hydrogen-bond acceptors (Lipinski definition) is 6. The lowest BCUT2D eigenvalue weighted by Crippen LogP contribution is -2.15. The summed E-state index contributed by atoms with van der Waals surface area (Å²) in [7, 11) is 0. The number of hydrogen-bond donors (Lipinski definition) is 1. The van der Waals surface area contributed by atoms with E-state index < -0.39 is 5.82 Å². The number of nitrogens with zero attached hydrogens (tertiary/aromatic N) is 4. The van der Waals surface area contributed by atoms with Crippen molar-refractivity contribution in [3.63, 3.8) is 0 Å². The lowest BCUT2D eigenvalue weighted by Gasteiger charge is -2.17. The SMILES string of the molecule is C[C@H]1CCc2c(sc3nc(C4CC4)n4c(SCC(=O)Nc5ccccc5F)nnc4c23)C1. The zero-order valence-electron chi connectivity index (χ0n) is 17.6. The van der Waals surface area contributed by atoms with Crippen molar-refractivity contribution in [1.29, 1.82) is 0 Å². The van der Waals surface area contributed by atoms with E-state index in [9.17, 15) is 9.18 Å². The Balaban J connectivity index is 1.35. The van der Waals surface area contributed by atoms with Gasteiger partial charge in [-0.25, -0.2) is 9.37 Å². The first-order valence-corrected chi connectivity index (χ1v) is 12.7. The van der Waals surface area contributed by atoms with Crippen molar-refractivity contribution >= 4 is 50.6 Å². The monoisotopic (exact) mass is 467 g/mol. The third-order valence-electron chi connectivity index (χ3n) is 6.22. The highest BCUT2D eigenvalue weighted by atomic mass is 32.2. The number of benzene rings is 1. The lowest BCUT2D eigenvalue weighted by molar-refractivity contribution is -0.113. The van der Waals surface area contributed by atoms with Crippen LogP contribution >= 0.6 is 23.1 Å². The second kappa shape index (κ2) is 7.81. The van der Waals surface area contributed by atoms with Crippen LogP contribution in [0.3, 0.4) is 0 Å². The van der Waals surface area contributed by atoms with E-state index >= 15 is 0 Å². The molecule has 1 aromatic carbocycles. The van der Waals surface area contributed by atoms with Crippen LogP contribution in [-0.4, -0.2) is 31.2 Å². The van der Waals surface area contributed by atoms with Gasteiger partial charge < -0.3 is 5.32 Å².